The molecule has 5 heteroatoms. The second-order valence-electron chi connectivity index (χ2n) is 13.9. The predicted molar refractivity (Wildman–Crippen MR) is 210 cm³/mol. The molecule has 0 aliphatic rings. The standard InChI is InChI=1S/C43H85NO4/c1-3-5-7-9-11-13-15-17-19-21-23-25-27-29-31-33-36-46-41-43(42-47-40-39-45-38-35-44)48-37-34-32-30-28-26-24-22-20-18-16-14-12-10-8-6-4-2/h17-20,43H,3-16,21-42,44H2,1-2H3/b19-17-,20-18-. The summed E-state index contributed by atoms with van der Waals surface area (Å²) in [6.07, 6.45) is 46.7. The Kier molecular flexibility index (Phi) is 43.6. The van der Waals surface area contributed by atoms with Gasteiger partial charge in [0.2, 0.25) is 0 Å². The average molecular weight is 680 g/mol. The van der Waals surface area contributed by atoms with Gasteiger partial charge in [-0.15, -0.1) is 0 Å². The second-order valence-corrected chi connectivity index (χ2v) is 13.9. The van der Waals surface area contributed by atoms with Gasteiger partial charge in [0.05, 0.1) is 33.0 Å². The fourth-order valence-corrected chi connectivity index (χ4v) is 5.93. The number of nitrogens with two attached hydrogens (primary N) is 1. The summed E-state index contributed by atoms with van der Waals surface area (Å²) < 4.78 is 23.5. The van der Waals surface area contributed by atoms with Gasteiger partial charge in [-0.2, -0.15) is 0 Å². The van der Waals surface area contributed by atoms with Crippen molar-refractivity contribution in [3.8, 4) is 0 Å². The summed E-state index contributed by atoms with van der Waals surface area (Å²) in [5, 5.41) is 0. The van der Waals surface area contributed by atoms with Crippen molar-refractivity contribution in [3.05, 3.63) is 24.3 Å². The van der Waals surface area contributed by atoms with Gasteiger partial charge in [-0.1, -0.05) is 154 Å². The molecule has 0 amide bonds. The normalized spacial score (nSPS) is 12.6. The van der Waals surface area contributed by atoms with Crippen LogP contribution in [0.2, 0.25) is 0 Å². The number of hydrogen-bond donors (Lipinski definition) is 1. The lowest BCUT2D eigenvalue weighted by atomic mass is 10.1. The van der Waals surface area contributed by atoms with Crippen molar-refractivity contribution in [1.29, 1.82) is 0 Å². The van der Waals surface area contributed by atoms with Gasteiger partial charge in [0.25, 0.3) is 0 Å². The fourth-order valence-electron chi connectivity index (χ4n) is 5.93. The predicted octanol–water partition coefficient (Wildman–Crippen LogP) is 12.5. The highest BCUT2D eigenvalue weighted by Gasteiger charge is 2.10. The third-order valence-corrected chi connectivity index (χ3v) is 9.05. The van der Waals surface area contributed by atoms with E-state index in [2.05, 4.69) is 38.2 Å². The SMILES string of the molecule is CCCCCCCC/C=C\CCCCCCCCOCC(COCCOCCN)OCCCCCCCC/C=C\CCCCCCCC. The van der Waals surface area contributed by atoms with Crippen LogP contribution in [-0.2, 0) is 18.9 Å². The lowest BCUT2D eigenvalue weighted by Crippen LogP contribution is -2.27. The van der Waals surface area contributed by atoms with Crippen molar-refractivity contribution in [2.45, 2.75) is 200 Å². The van der Waals surface area contributed by atoms with Gasteiger partial charge in [0.1, 0.15) is 6.10 Å². The van der Waals surface area contributed by atoms with E-state index in [-0.39, 0.29) is 6.10 Å². The maximum Gasteiger partial charge on any atom is 0.104 e. The van der Waals surface area contributed by atoms with E-state index < -0.39 is 0 Å². The van der Waals surface area contributed by atoms with Gasteiger partial charge in [-0.25, -0.2) is 0 Å². The molecule has 0 aromatic heterocycles. The lowest BCUT2D eigenvalue weighted by molar-refractivity contribution is -0.0678. The Morgan fingerprint density at radius 3 is 1.17 bits per heavy atom. The molecule has 0 saturated heterocycles. The molecule has 0 aliphatic heterocycles. The van der Waals surface area contributed by atoms with Crippen LogP contribution in [0.3, 0.4) is 0 Å². The summed E-state index contributed by atoms with van der Waals surface area (Å²) in [5.41, 5.74) is 5.50. The van der Waals surface area contributed by atoms with Crippen molar-refractivity contribution in [2.24, 2.45) is 5.73 Å². The van der Waals surface area contributed by atoms with E-state index in [1.54, 1.807) is 0 Å². The molecule has 0 bridgehead atoms. The minimum atomic E-state index is -0.00301. The smallest absolute Gasteiger partial charge is 0.104 e. The highest BCUT2D eigenvalue weighted by molar-refractivity contribution is 4.82. The number of unbranched alkanes of at least 4 members (excludes halogenated alkanes) is 24. The summed E-state index contributed by atoms with van der Waals surface area (Å²) in [7, 11) is 0. The third kappa shape index (κ3) is 41.5. The molecule has 0 aromatic rings. The molecular weight excluding hydrogens is 594 g/mol. The molecule has 0 spiro atoms. The van der Waals surface area contributed by atoms with Crippen molar-refractivity contribution < 1.29 is 18.9 Å². The van der Waals surface area contributed by atoms with Crippen LogP contribution in [-0.4, -0.2) is 58.9 Å². The molecule has 48 heavy (non-hydrogen) atoms. The largest absolute Gasteiger partial charge is 0.379 e. The molecule has 5 nitrogen and oxygen atoms in total. The molecule has 0 fully saturated rings. The summed E-state index contributed by atoms with van der Waals surface area (Å²) in [5.74, 6) is 0. The van der Waals surface area contributed by atoms with Gasteiger partial charge in [-0.05, 0) is 64.2 Å². The van der Waals surface area contributed by atoms with Gasteiger partial charge in [-0.3, -0.25) is 0 Å². The van der Waals surface area contributed by atoms with E-state index in [1.165, 1.54) is 167 Å². The van der Waals surface area contributed by atoms with Crippen molar-refractivity contribution in [2.75, 3.05) is 52.8 Å². The highest BCUT2D eigenvalue weighted by atomic mass is 16.6. The molecular formula is C43H85NO4. The first-order valence-electron chi connectivity index (χ1n) is 21.2. The summed E-state index contributed by atoms with van der Waals surface area (Å²) in [6, 6.07) is 0. The van der Waals surface area contributed by atoms with Crippen molar-refractivity contribution in [3.63, 3.8) is 0 Å². The Morgan fingerprint density at radius 2 is 0.729 bits per heavy atom. The Balaban J connectivity index is 3.77. The van der Waals surface area contributed by atoms with Crippen LogP contribution in [0.5, 0.6) is 0 Å². The summed E-state index contributed by atoms with van der Waals surface area (Å²) >= 11 is 0. The zero-order valence-corrected chi connectivity index (χ0v) is 32.6. The van der Waals surface area contributed by atoms with E-state index in [0.29, 0.717) is 39.6 Å². The molecule has 0 rings (SSSR count). The Bertz CT molecular complexity index is 626. The zero-order valence-electron chi connectivity index (χ0n) is 32.6. The van der Waals surface area contributed by atoms with E-state index in [9.17, 15) is 0 Å². The zero-order chi connectivity index (χ0) is 34.7. The Morgan fingerprint density at radius 1 is 0.375 bits per heavy atom. The maximum atomic E-state index is 6.20. The van der Waals surface area contributed by atoms with E-state index in [1.807, 2.05) is 0 Å². The molecule has 1 atom stereocenters. The van der Waals surface area contributed by atoms with Crippen molar-refractivity contribution in [1.82, 2.24) is 0 Å². The van der Waals surface area contributed by atoms with Gasteiger partial charge in [0.15, 0.2) is 0 Å². The van der Waals surface area contributed by atoms with Crippen LogP contribution < -0.4 is 5.73 Å². The quantitative estimate of drug-likeness (QED) is 0.0514. The first-order valence-corrected chi connectivity index (χ1v) is 21.2. The number of allylic oxidation sites excluding steroid dienone is 4. The molecule has 0 radical (unpaired) electrons. The average Bonchev–Trinajstić information content (AvgIpc) is 3.10. The minimum Gasteiger partial charge on any atom is -0.379 e. The molecule has 0 saturated carbocycles. The van der Waals surface area contributed by atoms with Gasteiger partial charge in [0, 0.05) is 19.8 Å². The van der Waals surface area contributed by atoms with Crippen LogP contribution in [0, 0.1) is 0 Å². The second kappa shape index (κ2) is 44.3. The monoisotopic (exact) mass is 680 g/mol. The topological polar surface area (TPSA) is 62.9 Å². The van der Waals surface area contributed by atoms with Crippen LogP contribution in [0.4, 0.5) is 0 Å². The third-order valence-electron chi connectivity index (χ3n) is 9.05. The summed E-state index contributed by atoms with van der Waals surface area (Å²) in [6.45, 7) is 9.63. The van der Waals surface area contributed by atoms with Gasteiger partial charge < -0.3 is 24.7 Å². The number of ether oxygens (including phenoxy) is 4. The molecule has 0 aromatic carbocycles. The van der Waals surface area contributed by atoms with Gasteiger partial charge >= 0.3 is 0 Å². The van der Waals surface area contributed by atoms with E-state index in [0.717, 1.165) is 26.1 Å². The number of hydrogen-bond acceptors (Lipinski definition) is 5. The van der Waals surface area contributed by atoms with Crippen LogP contribution in [0.15, 0.2) is 24.3 Å². The maximum absolute atomic E-state index is 6.20. The Labute approximate surface area is 300 Å². The molecule has 286 valence electrons. The van der Waals surface area contributed by atoms with E-state index in [4.69, 9.17) is 24.7 Å². The number of rotatable bonds is 42. The highest BCUT2D eigenvalue weighted by Crippen LogP contribution is 2.12. The fraction of sp³-hybridized carbons (Fsp3) is 0.907. The Hall–Kier alpha value is -0.720. The lowest BCUT2D eigenvalue weighted by Gasteiger charge is -2.18. The van der Waals surface area contributed by atoms with Crippen LogP contribution in [0.1, 0.15) is 194 Å². The van der Waals surface area contributed by atoms with Crippen LogP contribution in [0.25, 0.3) is 0 Å². The van der Waals surface area contributed by atoms with E-state index >= 15 is 0 Å². The summed E-state index contributed by atoms with van der Waals surface area (Å²) in [4.78, 5) is 0. The van der Waals surface area contributed by atoms with Crippen LogP contribution >= 0.6 is 0 Å². The first-order chi connectivity index (χ1) is 23.8. The molecule has 0 heterocycles. The minimum absolute atomic E-state index is 0.00301. The first kappa shape index (κ1) is 47.3. The molecule has 1 unspecified atom stereocenters. The van der Waals surface area contributed by atoms with Crippen molar-refractivity contribution >= 4 is 0 Å². The molecule has 2 N–H and O–H groups in total. The molecule has 0 aliphatic carbocycles.